The summed E-state index contributed by atoms with van der Waals surface area (Å²) in [7, 11) is 0. The summed E-state index contributed by atoms with van der Waals surface area (Å²) in [6.45, 7) is 0. The van der Waals surface area contributed by atoms with Gasteiger partial charge in [-0.3, -0.25) is 4.79 Å². The molecule has 0 aliphatic carbocycles. The first-order valence-electron chi connectivity index (χ1n) is 7.12. The van der Waals surface area contributed by atoms with Crippen LogP contribution < -0.4 is 11.2 Å². The number of fused-ring (bicyclic) bond motifs is 2. The van der Waals surface area contributed by atoms with Crippen LogP contribution in [-0.2, 0) is 0 Å². The Morgan fingerprint density at radius 1 is 1.04 bits per heavy atom. The van der Waals surface area contributed by atoms with Crippen molar-refractivity contribution in [3.63, 3.8) is 0 Å². The van der Waals surface area contributed by atoms with Crippen LogP contribution in [0.3, 0.4) is 0 Å². The fourth-order valence-electron chi connectivity index (χ4n) is 2.74. The molecule has 0 atom stereocenters. The van der Waals surface area contributed by atoms with E-state index in [4.69, 9.17) is 4.42 Å². The minimum Gasteiger partial charge on any atom is -0.506 e. The molecule has 6 heteroatoms. The largest absolute Gasteiger partial charge is 0.506 e. The number of halogens is 1. The number of para-hydroxylation sites is 1. The Kier molecular flexibility index (Phi) is 3.28. The zero-order chi connectivity index (χ0) is 16.8. The molecular weight excluding hydrogens is 374 g/mol. The van der Waals surface area contributed by atoms with Crippen molar-refractivity contribution in [3.8, 4) is 16.9 Å². The molecule has 0 amide bonds. The van der Waals surface area contributed by atoms with Crippen LogP contribution in [0.4, 0.5) is 0 Å². The summed E-state index contributed by atoms with van der Waals surface area (Å²) < 4.78 is 6.10. The molecule has 24 heavy (non-hydrogen) atoms. The van der Waals surface area contributed by atoms with Gasteiger partial charge in [0.2, 0.25) is 0 Å². The molecular formula is C18H10BrNO4. The van der Waals surface area contributed by atoms with Gasteiger partial charge in [0.25, 0.3) is 5.56 Å². The van der Waals surface area contributed by atoms with Crippen LogP contribution in [-0.4, -0.2) is 10.1 Å². The zero-order valence-electron chi connectivity index (χ0n) is 12.2. The fraction of sp³-hybridized carbons (Fsp3) is 0. The van der Waals surface area contributed by atoms with E-state index in [-0.39, 0.29) is 16.9 Å². The molecule has 0 spiro atoms. The highest BCUT2D eigenvalue weighted by atomic mass is 79.9. The second kappa shape index (κ2) is 5.35. The summed E-state index contributed by atoms with van der Waals surface area (Å²) in [6.07, 6.45) is 0. The molecule has 0 fully saturated rings. The highest BCUT2D eigenvalue weighted by Gasteiger charge is 2.18. The number of pyridine rings is 1. The van der Waals surface area contributed by atoms with Gasteiger partial charge >= 0.3 is 5.63 Å². The van der Waals surface area contributed by atoms with Crippen LogP contribution in [0.25, 0.3) is 33.0 Å². The van der Waals surface area contributed by atoms with Crippen LogP contribution in [0.1, 0.15) is 0 Å². The lowest BCUT2D eigenvalue weighted by molar-refractivity contribution is 0.481. The lowest BCUT2D eigenvalue weighted by Crippen LogP contribution is -2.14. The molecule has 0 radical (unpaired) electrons. The predicted octanol–water partition coefficient (Wildman–Crippen LogP) is 3.77. The van der Waals surface area contributed by atoms with E-state index in [1.165, 1.54) is 0 Å². The summed E-state index contributed by atoms with van der Waals surface area (Å²) in [4.78, 5) is 27.4. The molecule has 0 saturated carbocycles. The summed E-state index contributed by atoms with van der Waals surface area (Å²) >= 11 is 3.36. The van der Waals surface area contributed by atoms with Gasteiger partial charge in [-0.1, -0.05) is 28.1 Å². The first-order valence-corrected chi connectivity index (χ1v) is 7.91. The van der Waals surface area contributed by atoms with Crippen LogP contribution >= 0.6 is 15.9 Å². The van der Waals surface area contributed by atoms with Gasteiger partial charge in [0.1, 0.15) is 11.3 Å². The smallest absolute Gasteiger partial charge is 0.344 e. The maximum atomic E-state index is 12.4. The number of aromatic hydroxyl groups is 1. The zero-order valence-corrected chi connectivity index (χ0v) is 13.8. The number of aromatic amines is 1. The molecule has 2 aromatic carbocycles. The number of nitrogens with one attached hydrogen (secondary N) is 1. The molecule has 4 rings (SSSR count). The van der Waals surface area contributed by atoms with Crippen LogP contribution in [0, 0.1) is 0 Å². The van der Waals surface area contributed by atoms with Crippen molar-refractivity contribution < 1.29 is 9.52 Å². The maximum Gasteiger partial charge on any atom is 0.344 e. The third kappa shape index (κ3) is 2.23. The van der Waals surface area contributed by atoms with E-state index in [0.717, 1.165) is 4.47 Å². The molecule has 2 aromatic heterocycles. The number of rotatable bonds is 1. The molecule has 0 aliphatic rings. The van der Waals surface area contributed by atoms with Crippen molar-refractivity contribution in [1.29, 1.82) is 0 Å². The molecule has 0 bridgehead atoms. The molecule has 2 heterocycles. The van der Waals surface area contributed by atoms with Gasteiger partial charge in [-0.2, -0.15) is 0 Å². The molecule has 2 N–H and O–H groups in total. The number of H-pyrrole nitrogens is 1. The van der Waals surface area contributed by atoms with E-state index in [1.54, 1.807) is 48.5 Å². The number of hydrogen-bond acceptors (Lipinski definition) is 4. The molecule has 5 nitrogen and oxygen atoms in total. The second-order valence-corrected chi connectivity index (χ2v) is 6.27. The number of benzene rings is 2. The van der Waals surface area contributed by atoms with E-state index in [0.29, 0.717) is 21.9 Å². The van der Waals surface area contributed by atoms with Crippen molar-refractivity contribution in [2.24, 2.45) is 0 Å². The molecule has 0 aliphatic heterocycles. The minimum absolute atomic E-state index is 0.0186. The Bertz CT molecular complexity index is 1220. The standard InChI is InChI=1S/C18H10BrNO4/c19-10-5-6-14-9(7-10)8-12(18(23)24-14)15-16(21)11-3-1-2-4-13(11)20-17(15)22/h1-8H,(H2,20,21,22). The summed E-state index contributed by atoms with van der Waals surface area (Å²) in [5, 5.41) is 11.6. The number of hydrogen-bond donors (Lipinski definition) is 2. The van der Waals surface area contributed by atoms with E-state index >= 15 is 0 Å². The average Bonchev–Trinajstić information content (AvgIpc) is 2.55. The topological polar surface area (TPSA) is 83.3 Å². The van der Waals surface area contributed by atoms with Crippen LogP contribution in [0.15, 0.2) is 67.0 Å². The highest BCUT2D eigenvalue weighted by Crippen LogP contribution is 2.31. The lowest BCUT2D eigenvalue weighted by Gasteiger charge is -2.07. The Balaban J connectivity index is 2.11. The molecule has 118 valence electrons. The van der Waals surface area contributed by atoms with Crippen molar-refractivity contribution >= 4 is 37.8 Å². The predicted molar refractivity (Wildman–Crippen MR) is 95.4 cm³/mol. The Labute approximate surface area is 143 Å². The molecule has 4 aromatic rings. The van der Waals surface area contributed by atoms with Crippen molar-refractivity contribution in [2.45, 2.75) is 0 Å². The molecule has 0 unspecified atom stereocenters. The monoisotopic (exact) mass is 383 g/mol. The van der Waals surface area contributed by atoms with Crippen molar-refractivity contribution in [2.75, 3.05) is 0 Å². The van der Waals surface area contributed by atoms with E-state index < -0.39 is 11.2 Å². The third-order valence-corrected chi connectivity index (χ3v) is 4.35. The van der Waals surface area contributed by atoms with Gasteiger partial charge in [-0.15, -0.1) is 0 Å². The first kappa shape index (κ1) is 14.7. The van der Waals surface area contributed by atoms with Crippen LogP contribution in [0.2, 0.25) is 0 Å². The maximum absolute atomic E-state index is 12.4. The highest BCUT2D eigenvalue weighted by molar-refractivity contribution is 9.10. The van der Waals surface area contributed by atoms with Gasteiger partial charge in [0, 0.05) is 15.2 Å². The van der Waals surface area contributed by atoms with E-state index in [1.807, 2.05) is 0 Å². The van der Waals surface area contributed by atoms with Crippen LogP contribution in [0.5, 0.6) is 5.75 Å². The lowest BCUT2D eigenvalue weighted by atomic mass is 10.0. The van der Waals surface area contributed by atoms with Gasteiger partial charge < -0.3 is 14.5 Å². The van der Waals surface area contributed by atoms with E-state index in [9.17, 15) is 14.7 Å². The summed E-state index contributed by atoms with van der Waals surface area (Å²) in [5.41, 5.74) is -0.400. The first-order chi connectivity index (χ1) is 11.5. The van der Waals surface area contributed by atoms with Gasteiger partial charge in [-0.05, 0) is 36.4 Å². The molecule has 0 saturated heterocycles. The Morgan fingerprint density at radius 2 is 1.83 bits per heavy atom. The van der Waals surface area contributed by atoms with Crippen molar-refractivity contribution in [3.05, 3.63) is 73.8 Å². The van der Waals surface area contributed by atoms with Crippen molar-refractivity contribution in [1.82, 2.24) is 4.98 Å². The van der Waals surface area contributed by atoms with Gasteiger partial charge in [0.15, 0.2) is 0 Å². The quantitative estimate of drug-likeness (QED) is 0.490. The Hall–Kier alpha value is -2.86. The third-order valence-electron chi connectivity index (χ3n) is 3.86. The number of aromatic nitrogens is 1. The second-order valence-electron chi connectivity index (χ2n) is 5.35. The summed E-state index contributed by atoms with van der Waals surface area (Å²) in [5.74, 6) is -0.240. The normalized spacial score (nSPS) is 11.2. The fourth-order valence-corrected chi connectivity index (χ4v) is 3.12. The Morgan fingerprint density at radius 3 is 2.67 bits per heavy atom. The van der Waals surface area contributed by atoms with E-state index in [2.05, 4.69) is 20.9 Å². The van der Waals surface area contributed by atoms with Gasteiger partial charge in [-0.25, -0.2) is 4.79 Å². The average molecular weight is 384 g/mol. The SMILES string of the molecule is O=c1[nH]c2ccccc2c(O)c1-c1cc2cc(Br)ccc2oc1=O. The van der Waals surface area contributed by atoms with Gasteiger partial charge in [0.05, 0.1) is 16.6 Å². The summed E-state index contributed by atoms with van der Waals surface area (Å²) in [6, 6.07) is 13.6. The minimum atomic E-state index is -0.680.